The molecule has 0 radical (unpaired) electrons. The average molecular weight is 418 g/mol. The molecule has 0 amide bonds. The van der Waals surface area contributed by atoms with Gasteiger partial charge in [-0.1, -0.05) is 75.4 Å². The van der Waals surface area contributed by atoms with Crippen LogP contribution in [0.15, 0.2) is 78.9 Å². The van der Waals surface area contributed by atoms with E-state index in [1.807, 2.05) is 37.3 Å². The van der Waals surface area contributed by atoms with E-state index in [0.717, 1.165) is 12.0 Å². The van der Waals surface area contributed by atoms with Gasteiger partial charge in [0.2, 0.25) is 0 Å². The first-order valence-corrected chi connectivity index (χ1v) is 10.2. The molecule has 0 bridgehead atoms. The van der Waals surface area contributed by atoms with Crippen molar-refractivity contribution >= 4 is 12.1 Å². The van der Waals surface area contributed by atoms with Gasteiger partial charge in [-0.2, -0.15) is 0 Å². The minimum absolute atomic E-state index is 0.174. The Morgan fingerprint density at radius 1 is 0.806 bits per heavy atom. The van der Waals surface area contributed by atoms with E-state index in [-0.39, 0.29) is 11.0 Å². The maximum Gasteiger partial charge on any atom is 0.521 e. The molecule has 5 nitrogen and oxygen atoms in total. The van der Waals surface area contributed by atoms with E-state index < -0.39 is 12.1 Å². The molecule has 0 unspecified atom stereocenters. The van der Waals surface area contributed by atoms with Gasteiger partial charge in [-0.25, -0.2) is 9.59 Å². The van der Waals surface area contributed by atoms with Gasteiger partial charge >= 0.3 is 12.1 Å². The zero-order valence-electron chi connectivity index (χ0n) is 18.0. The average Bonchev–Trinajstić information content (AvgIpc) is 2.78. The number of rotatable bonds is 7. The van der Waals surface area contributed by atoms with Crippen molar-refractivity contribution in [1.29, 1.82) is 0 Å². The smallest absolute Gasteiger partial charge is 0.493 e. The molecule has 0 saturated heterocycles. The molecule has 0 atom stereocenters. The molecule has 0 aromatic heterocycles. The fourth-order valence-electron chi connectivity index (χ4n) is 3.18. The lowest BCUT2D eigenvalue weighted by atomic mass is 9.78. The number of hydrogen-bond donors (Lipinski definition) is 0. The van der Waals surface area contributed by atoms with Gasteiger partial charge in [-0.05, 0) is 41.8 Å². The maximum absolute atomic E-state index is 12.4. The summed E-state index contributed by atoms with van der Waals surface area (Å²) < 4.78 is 15.6. The number of ether oxygens (including phenoxy) is 3. The molecule has 0 aliphatic carbocycles. The van der Waals surface area contributed by atoms with Crippen LogP contribution in [0.4, 0.5) is 4.79 Å². The molecule has 3 aromatic rings. The van der Waals surface area contributed by atoms with E-state index in [9.17, 15) is 9.59 Å². The summed E-state index contributed by atoms with van der Waals surface area (Å²) in [7, 11) is 0. The topological polar surface area (TPSA) is 61.8 Å². The van der Waals surface area contributed by atoms with Gasteiger partial charge in [0.1, 0.15) is 17.1 Å². The monoisotopic (exact) mass is 418 g/mol. The van der Waals surface area contributed by atoms with Crippen molar-refractivity contribution in [2.45, 2.75) is 32.6 Å². The zero-order chi connectivity index (χ0) is 22.3. The van der Waals surface area contributed by atoms with Crippen molar-refractivity contribution in [1.82, 2.24) is 0 Å². The first-order valence-electron chi connectivity index (χ1n) is 10.2. The Bertz CT molecular complexity index is 1020. The summed E-state index contributed by atoms with van der Waals surface area (Å²) in [6.07, 6.45) is -0.298. The van der Waals surface area contributed by atoms with Crippen LogP contribution in [-0.4, -0.2) is 18.7 Å². The zero-order valence-corrected chi connectivity index (χ0v) is 18.0. The van der Waals surface area contributed by atoms with Crippen molar-refractivity contribution in [3.05, 3.63) is 95.6 Å². The van der Waals surface area contributed by atoms with Crippen LogP contribution in [0.1, 0.15) is 48.7 Å². The molecule has 0 heterocycles. The van der Waals surface area contributed by atoms with Crippen LogP contribution in [0.25, 0.3) is 0 Å². The van der Waals surface area contributed by atoms with Gasteiger partial charge in [0.25, 0.3) is 0 Å². The Labute approximate surface area is 182 Å². The third kappa shape index (κ3) is 5.51. The predicted molar refractivity (Wildman–Crippen MR) is 119 cm³/mol. The molecule has 3 rings (SSSR count). The van der Waals surface area contributed by atoms with Crippen molar-refractivity contribution in [3.8, 4) is 11.5 Å². The molecule has 160 valence electrons. The van der Waals surface area contributed by atoms with Crippen LogP contribution in [-0.2, 0) is 10.2 Å². The van der Waals surface area contributed by atoms with Crippen molar-refractivity contribution in [2.75, 3.05) is 6.61 Å². The second kappa shape index (κ2) is 9.94. The molecule has 0 N–H and O–H groups in total. The van der Waals surface area contributed by atoms with E-state index >= 15 is 0 Å². The largest absolute Gasteiger partial charge is 0.521 e. The number of esters is 1. The SMILES string of the molecule is CCCOc1ccccc1C(=O)OC(=O)Oc1ccc(C(C)(C)c2ccccc2)cc1. The summed E-state index contributed by atoms with van der Waals surface area (Å²) in [5.74, 6) is -0.158. The molecule has 0 spiro atoms. The lowest BCUT2D eigenvalue weighted by Gasteiger charge is -2.26. The minimum atomic E-state index is -1.09. The number of hydrogen-bond acceptors (Lipinski definition) is 5. The molecule has 0 saturated carbocycles. The van der Waals surface area contributed by atoms with Crippen LogP contribution < -0.4 is 9.47 Å². The number of benzene rings is 3. The molecule has 0 fully saturated rings. The van der Waals surface area contributed by atoms with Crippen LogP contribution in [0, 0.1) is 0 Å². The van der Waals surface area contributed by atoms with Crippen molar-refractivity contribution in [3.63, 3.8) is 0 Å². The molecule has 5 heteroatoms. The Morgan fingerprint density at radius 2 is 1.42 bits per heavy atom. The van der Waals surface area contributed by atoms with E-state index in [2.05, 4.69) is 26.0 Å². The van der Waals surface area contributed by atoms with Crippen LogP contribution in [0.5, 0.6) is 11.5 Å². The van der Waals surface area contributed by atoms with Gasteiger partial charge in [-0.3, -0.25) is 0 Å². The van der Waals surface area contributed by atoms with E-state index in [1.165, 1.54) is 5.56 Å². The van der Waals surface area contributed by atoms with Crippen molar-refractivity contribution < 1.29 is 23.8 Å². The van der Waals surface area contributed by atoms with Crippen LogP contribution >= 0.6 is 0 Å². The molecular formula is C26H26O5. The maximum atomic E-state index is 12.4. The number of para-hydroxylation sites is 1. The third-order valence-electron chi connectivity index (χ3n) is 5.02. The summed E-state index contributed by atoms with van der Waals surface area (Å²) in [5.41, 5.74) is 2.21. The highest BCUT2D eigenvalue weighted by Crippen LogP contribution is 2.32. The second-order valence-corrected chi connectivity index (χ2v) is 7.60. The van der Waals surface area contributed by atoms with Gasteiger partial charge in [0.05, 0.1) is 6.61 Å². The Kier molecular flexibility index (Phi) is 7.08. The van der Waals surface area contributed by atoms with E-state index in [1.54, 1.807) is 36.4 Å². The summed E-state index contributed by atoms with van der Waals surface area (Å²) in [5, 5.41) is 0. The fraction of sp³-hybridized carbons (Fsp3) is 0.231. The minimum Gasteiger partial charge on any atom is -0.493 e. The molecule has 31 heavy (non-hydrogen) atoms. The summed E-state index contributed by atoms with van der Waals surface area (Å²) in [6, 6.07) is 23.9. The first-order chi connectivity index (χ1) is 14.9. The number of carbonyl (C=O) groups excluding carboxylic acids is 2. The fourth-order valence-corrected chi connectivity index (χ4v) is 3.18. The highest BCUT2D eigenvalue weighted by Gasteiger charge is 2.23. The third-order valence-corrected chi connectivity index (χ3v) is 5.02. The Balaban J connectivity index is 1.64. The summed E-state index contributed by atoms with van der Waals surface area (Å²) in [4.78, 5) is 24.5. The summed E-state index contributed by atoms with van der Waals surface area (Å²) in [6.45, 7) is 6.68. The van der Waals surface area contributed by atoms with Crippen LogP contribution in [0.2, 0.25) is 0 Å². The lowest BCUT2D eigenvalue weighted by molar-refractivity contribution is 0.0525. The first kappa shape index (κ1) is 22.1. The highest BCUT2D eigenvalue weighted by atomic mass is 16.7. The van der Waals surface area contributed by atoms with Crippen LogP contribution in [0.3, 0.4) is 0 Å². The highest BCUT2D eigenvalue weighted by molar-refractivity contribution is 5.97. The summed E-state index contributed by atoms with van der Waals surface area (Å²) >= 11 is 0. The van der Waals surface area contributed by atoms with Gasteiger partial charge in [0.15, 0.2) is 0 Å². The second-order valence-electron chi connectivity index (χ2n) is 7.60. The van der Waals surface area contributed by atoms with Gasteiger partial charge in [0, 0.05) is 5.41 Å². The molecular weight excluding hydrogens is 392 g/mol. The standard InChI is InChI=1S/C26H26O5/c1-4-18-29-23-13-9-8-12-22(23)24(27)31-25(28)30-21-16-14-20(15-17-21)26(2,3)19-10-6-5-7-11-19/h5-17H,4,18H2,1-3H3. The molecule has 3 aromatic carbocycles. The van der Waals surface area contributed by atoms with E-state index in [0.29, 0.717) is 18.1 Å². The van der Waals surface area contributed by atoms with Gasteiger partial charge in [-0.15, -0.1) is 0 Å². The lowest BCUT2D eigenvalue weighted by Crippen LogP contribution is -2.19. The molecule has 0 aliphatic rings. The normalized spacial score (nSPS) is 10.9. The molecule has 0 aliphatic heterocycles. The van der Waals surface area contributed by atoms with E-state index in [4.69, 9.17) is 14.2 Å². The predicted octanol–water partition coefficient (Wildman–Crippen LogP) is 6.16. The quantitative estimate of drug-likeness (QED) is 0.261. The number of carbonyl (C=O) groups is 2. The Morgan fingerprint density at radius 3 is 2.10 bits per heavy atom. The Hall–Kier alpha value is -3.60. The van der Waals surface area contributed by atoms with Gasteiger partial charge < -0.3 is 14.2 Å². The van der Waals surface area contributed by atoms with Crippen molar-refractivity contribution in [2.24, 2.45) is 0 Å².